The zero-order valence-electron chi connectivity index (χ0n) is 10.5. The van der Waals surface area contributed by atoms with Crippen LogP contribution in [-0.4, -0.2) is 4.92 Å². The average molecular weight is 298 g/mol. The molecule has 0 atom stereocenters. The number of para-hydroxylation sites is 1. The second-order valence-electron chi connectivity index (χ2n) is 4.03. The minimum absolute atomic E-state index is 0.0792. The molecule has 0 bridgehead atoms. The van der Waals surface area contributed by atoms with E-state index in [1.54, 1.807) is 0 Å². The topological polar surface area (TPSA) is 78.4 Å². The molecule has 0 amide bonds. The van der Waals surface area contributed by atoms with E-state index < -0.39 is 33.8 Å². The fraction of sp³-hybridized carbons (Fsp3) is 0.0769. The summed E-state index contributed by atoms with van der Waals surface area (Å²) in [7, 11) is 0. The van der Waals surface area contributed by atoms with Gasteiger partial charge in [0.05, 0.1) is 11.0 Å². The maximum Gasteiger partial charge on any atom is 0.307 e. The number of nitrogens with two attached hydrogens (primary N) is 1. The molecule has 0 fully saturated rings. The number of hydrogen-bond donors (Lipinski definition) is 1. The Kier molecular flexibility index (Phi) is 4.08. The summed E-state index contributed by atoms with van der Waals surface area (Å²) in [5.74, 6) is -4.31. The van der Waals surface area contributed by atoms with Crippen LogP contribution in [0.4, 0.5) is 18.9 Å². The number of nitro groups is 1. The normalized spacial score (nSPS) is 10.5. The van der Waals surface area contributed by atoms with Crippen molar-refractivity contribution in [2.24, 2.45) is 5.73 Å². The number of ether oxygens (including phenoxy) is 1. The molecule has 0 unspecified atom stereocenters. The molecule has 0 aliphatic rings. The Morgan fingerprint density at radius 2 is 1.86 bits per heavy atom. The Labute approximate surface area is 116 Å². The van der Waals surface area contributed by atoms with E-state index in [0.29, 0.717) is 12.1 Å². The van der Waals surface area contributed by atoms with Crippen LogP contribution in [0.2, 0.25) is 0 Å². The Balaban J connectivity index is 2.46. The van der Waals surface area contributed by atoms with Gasteiger partial charge in [-0.15, -0.1) is 0 Å². The van der Waals surface area contributed by atoms with Crippen molar-refractivity contribution in [3.05, 3.63) is 63.5 Å². The van der Waals surface area contributed by atoms with E-state index in [1.165, 1.54) is 12.1 Å². The summed E-state index contributed by atoms with van der Waals surface area (Å²) >= 11 is 0. The van der Waals surface area contributed by atoms with Gasteiger partial charge in [0.2, 0.25) is 5.82 Å². The van der Waals surface area contributed by atoms with Gasteiger partial charge in [0.1, 0.15) is 0 Å². The summed E-state index contributed by atoms with van der Waals surface area (Å²) in [4.78, 5) is 9.41. The third-order valence-electron chi connectivity index (χ3n) is 2.68. The lowest BCUT2D eigenvalue weighted by atomic mass is 10.2. The van der Waals surface area contributed by atoms with Gasteiger partial charge in [-0.3, -0.25) is 10.1 Å². The van der Waals surface area contributed by atoms with Crippen molar-refractivity contribution in [3.8, 4) is 11.5 Å². The van der Waals surface area contributed by atoms with Crippen molar-refractivity contribution in [1.82, 2.24) is 0 Å². The van der Waals surface area contributed by atoms with Crippen molar-refractivity contribution in [2.75, 3.05) is 0 Å². The zero-order chi connectivity index (χ0) is 15.6. The molecule has 0 aromatic heterocycles. The van der Waals surface area contributed by atoms with E-state index >= 15 is 0 Å². The number of benzene rings is 2. The van der Waals surface area contributed by atoms with E-state index in [1.807, 2.05) is 0 Å². The predicted octanol–water partition coefficient (Wildman–Crippen LogP) is 3.26. The average Bonchev–Trinajstić information content (AvgIpc) is 2.44. The molecule has 0 aliphatic heterocycles. The van der Waals surface area contributed by atoms with Crippen LogP contribution in [-0.2, 0) is 6.54 Å². The Morgan fingerprint density at radius 1 is 1.14 bits per heavy atom. The molecule has 0 spiro atoms. The molecule has 0 saturated heterocycles. The minimum atomic E-state index is -1.29. The summed E-state index contributed by atoms with van der Waals surface area (Å²) in [6.45, 7) is -0.0792. The first-order valence-corrected chi connectivity index (χ1v) is 5.72. The Morgan fingerprint density at radius 3 is 2.48 bits per heavy atom. The summed E-state index contributed by atoms with van der Waals surface area (Å²) in [5.41, 5.74) is 4.61. The van der Waals surface area contributed by atoms with E-state index in [0.717, 1.165) is 6.07 Å². The van der Waals surface area contributed by atoms with Crippen LogP contribution >= 0.6 is 0 Å². The van der Waals surface area contributed by atoms with Crippen LogP contribution in [0.15, 0.2) is 30.3 Å². The molecule has 0 aliphatic carbocycles. The number of nitrogens with zero attached hydrogens (tertiary/aromatic N) is 1. The van der Waals surface area contributed by atoms with E-state index in [4.69, 9.17) is 10.5 Å². The van der Waals surface area contributed by atoms with Gasteiger partial charge >= 0.3 is 5.69 Å². The lowest BCUT2D eigenvalue weighted by molar-refractivity contribution is -0.387. The van der Waals surface area contributed by atoms with Gasteiger partial charge in [-0.25, -0.2) is 8.78 Å². The van der Waals surface area contributed by atoms with Crippen LogP contribution in [0.1, 0.15) is 5.56 Å². The second-order valence-corrected chi connectivity index (χ2v) is 4.03. The highest BCUT2D eigenvalue weighted by Gasteiger charge is 2.21. The zero-order valence-corrected chi connectivity index (χ0v) is 10.5. The highest BCUT2D eigenvalue weighted by atomic mass is 19.1. The van der Waals surface area contributed by atoms with Crippen molar-refractivity contribution in [2.45, 2.75) is 6.54 Å². The molecule has 8 heteroatoms. The van der Waals surface area contributed by atoms with Crippen molar-refractivity contribution in [1.29, 1.82) is 0 Å². The summed E-state index contributed by atoms with van der Waals surface area (Å²) in [6, 6.07) is 4.76. The van der Waals surface area contributed by atoms with Gasteiger partial charge in [0.25, 0.3) is 0 Å². The third kappa shape index (κ3) is 2.95. The number of hydrogen-bond acceptors (Lipinski definition) is 4. The first-order valence-electron chi connectivity index (χ1n) is 5.72. The van der Waals surface area contributed by atoms with Crippen LogP contribution in [0.5, 0.6) is 11.5 Å². The molecule has 0 radical (unpaired) electrons. The largest absolute Gasteiger partial charge is 0.451 e. The van der Waals surface area contributed by atoms with Gasteiger partial charge in [0, 0.05) is 18.2 Å². The quantitative estimate of drug-likeness (QED) is 0.694. The molecule has 21 heavy (non-hydrogen) atoms. The summed E-state index contributed by atoms with van der Waals surface area (Å²) < 4.78 is 45.8. The first kappa shape index (κ1) is 14.8. The van der Waals surface area contributed by atoms with E-state index in [9.17, 15) is 23.3 Å². The van der Waals surface area contributed by atoms with E-state index in [2.05, 4.69) is 0 Å². The molecule has 2 aromatic carbocycles. The number of nitro benzene ring substituents is 1. The Hall–Kier alpha value is -2.61. The summed E-state index contributed by atoms with van der Waals surface area (Å²) in [5, 5.41) is 10.5. The monoisotopic (exact) mass is 298 g/mol. The van der Waals surface area contributed by atoms with Crippen LogP contribution in [0.3, 0.4) is 0 Å². The van der Waals surface area contributed by atoms with Crippen LogP contribution in [0, 0.1) is 27.6 Å². The molecular weight excluding hydrogens is 289 g/mol. The van der Waals surface area contributed by atoms with Crippen molar-refractivity contribution >= 4 is 5.69 Å². The predicted molar refractivity (Wildman–Crippen MR) is 67.4 cm³/mol. The molecule has 2 N–H and O–H groups in total. The molecule has 0 heterocycles. The smallest absolute Gasteiger partial charge is 0.307 e. The first-order chi connectivity index (χ1) is 9.93. The van der Waals surface area contributed by atoms with Crippen LogP contribution < -0.4 is 10.5 Å². The minimum Gasteiger partial charge on any atom is -0.451 e. The fourth-order valence-corrected chi connectivity index (χ4v) is 1.67. The molecular formula is C13H9F3N2O3. The highest BCUT2D eigenvalue weighted by Crippen LogP contribution is 2.33. The fourth-order valence-electron chi connectivity index (χ4n) is 1.67. The van der Waals surface area contributed by atoms with Gasteiger partial charge in [0.15, 0.2) is 23.1 Å². The molecule has 2 aromatic rings. The lowest BCUT2D eigenvalue weighted by Gasteiger charge is -2.11. The Bertz CT molecular complexity index is 707. The summed E-state index contributed by atoms with van der Waals surface area (Å²) in [6.07, 6.45) is 0. The van der Waals surface area contributed by atoms with Crippen molar-refractivity contribution in [3.63, 3.8) is 0 Å². The third-order valence-corrected chi connectivity index (χ3v) is 2.68. The molecule has 0 saturated carbocycles. The van der Waals surface area contributed by atoms with Gasteiger partial charge in [-0.1, -0.05) is 12.1 Å². The van der Waals surface area contributed by atoms with E-state index in [-0.39, 0.29) is 17.9 Å². The van der Waals surface area contributed by atoms with Gasteiger partial charge < -0.3 is 10.5 Å². The van der Waals surface area contributed by atoms with Gasteiger partial charge in [-0.2, -0.15) is 4.39 Å². The lowest BCUT2D eigenvalue weighted by Crippen LogP contribution is -2.03. The standard InChI is InChI=1S/C13H9F3N2O3/c14-8-3-1-2-7(6-17)13(8)21-12-5-9(15)11(18(19)20)4-10(12)16/h1-5H,6,17H2. The van der Waals surface area contributed by atoms with Gasteiger partial charge in [-0.05, 0) is 6.07 Å². The highest BCUT2D eigenvalue weighted by molar-refractivity contribution is 5.43. The molecule has 2 rings (SSSR count). The maximum absolute atomic E-state index is 13.7. The second kappa shape index (κ2) is 5.80. The molecule has 110 valence electrons. The van der Waals surface area contributed by atoms with Crippen LogP contribution in [0.25, 0.3) is 0 Å². The number of halogens is 3. The SMILES string of the molecule is NCc1cccc(F)c1Oc1cc(F)c([N+](=O)[O-])cc1F. The maximum atomic E-state index is 13.7. The molecule has 5 nitrogen and oxygen atoms in total. The van der Waals surface area contributed by atoms with Crippen molar-refractivity contribution < 1.29 is 22.8 Å². The number of rotatable bonds is 4.